The average Bonchev–Trinajstić information content (AvgIpc) is 3.42. The summed E-state index contributed by atoms with van der Waals surface area (Å²) in [6.07, 6.45) is 8.76. The first-order valence-electron chi connectivity index (χ1n) is 9.28. The van der Waals surface area contributed by atoms with Crippen LogP contribution in [-0.2, 0) is 0 Å². The molecule has 7 nitrogen and oxygen atoms in total. The standard InChI is InChI=1S/C18H24N6O/c25-11-18-6-3-13(4-7-18)24(10-18)17-19-8-5-15(21-17)20-16-9-14(22-23-16)12-1-2-12/h5,8-9,12-13,25H,1-4,6-7,10-11H2,(H2,19,20,21,22,23). The first kappa shape index (κ1) is 15.1. The second kappa shape index (κ2) is 5.69. The van der Waals surface area contributed by atoms with Crippen molar-refractivity contribution in [1.82, 2.24) is 20.2 Å². The summed E-state index contributed by atoms with van der Waals surface area (Å²) in [4.78, 5) is 11.5. The molecule has 4 heterocycles. The largest absolute Gasteiger partial charge is 0.396 e. The molecule has 2 bridgehead atoms. The highest BCUT2D eigenvalue weighted by Crippen LogP contribution is 2.45. The first-order valence-corrected chi connectivity index (χ1v) is 9.28. The second-order valence-corrected chi connectivity index (χ2v) is 7.87. The highest BCUT2D eigenvalue weighted by molar-refractivity contribution is 5.54. The molecule has 2 saturated carbocycles. The second-order valence-electron chi connectivity index (χ2n) is 7.87. The van der Waals surface area contributed by atoms with Gasteiger partial charge >= 0.3 is 0 Å². The molecule has 3 N–H and O–H groups in total. The van der Waals surface area contributed by atoms with Gasteiger partial charge in [0.25, 0.3) is 0 Å². The van der Waals surface area contributed by atoms with Crippen molar-refractivity contribution in [3.05, 3.63) is 24.0 Å². The lowest BCUT2D eigenvalue weighted by Crippen LogP contribution is -2.56. The lowest BCUT2D eigenvalue weighted by atomic mass is 9.68. The Kier molecular flexibility index (Phi) is 3.45. The van der Waals surface area contributed by atoms with Gasteiger partial charge in [0.05, 0.1) is 6.61 Å². The van der Waals surface area contributed by atoms with Crippen LogP contribution in [0.2, 0.25) is 0 Å². The molecule has 0 aromatic carbocycles. The van der Waals surface area contributed by atoms with E-state index in [-0.39, 0.29) is 12.0 Å². The molecule has 132 valence electrons. The number of hydrogen-bond donors (Lipinski definition) is 3. The number of rotatable bonds is 5. The average molecular weight is 340 g/mol. The van der Waals surface area contributed by atoms with Crippen molar-refractivity contribution in [2.45, 2.75) is 50.5 Å². The van der Waals surface area contributed by atoms with Gasteiger partial charge in [0.2, 0.25) is 5.95 Å². The zero-order chi connectivity index (χ0) is 16.9. The number of fused-ring (bicyclic) bond motifs is 3. The van der Waals surface area contributed by atoms with Gasteiger partial charge in [0.15, 0.2) is 5.82 Å². The molecule has 0 atom stereocenters. The minimum Gasteiger partial charge on any atom is -0.396 e. The molecule has 2 saturated heterocycles. The topological polar surface area (TPSA) is 90.0 Å². The number of aliphatic hydroxyl groups excluding tert-OH is 1. The number of aromatic nitrogens is 4. The molecule has 0 amide bonds. The third-order valence-electron chi connectivity index (χ3n) is 6.07. The van der Waals surface area contributed by atoms with E-state index in [1.165, 1.54) is 18.5 Å². The van der Waals surface area contributed by atoms with Crippen LogP contribution in [0.15, 0.2) is 18.3 Å². The quantitative estimate of drug-likeness (QED) is 0.775. The molecule has 4 fully saturated rings. The summed E-state index contributed by atoms with van der Waals surface area (Å²) in [7, 11) is 0. The summed E-state index contributed by atoms with van der Waals surface area (Å²) in [5, 5.41) is 20.6. The molecular weight excluding hydrogens is 316 g/mol. The van der Waals surface area contributed by atoms with E-state index in [4.69, 9.17) is 4.98 Å². The van der Waals surface area contributed by atoms with Crippen molar-refractivity contribution < 1.29 is 5.11 Å². The number of aliphatic hydroxyl groups is 1. The molecule has 6 rings (SSSR count). The van der Waals surface area contributed by atoms with Crippen molar-refractivity contribution in [1.29, 1.82) is 0 Å². The van der Waals surface area contributed by atoms with Crippen molar-refractivity contribution in [3.8, 4) is 0 Å². The van der Waals surface area contributed by atoms with Gasteiger partial charge in [-0.15, -0.1) is 0 Å². The highest BCUT2D eigenvalue weighted by Gasteiger charge is 2.45. The van der Waals surface area contributed by atoms with E-state index in [0.717, 1.165) is 49.8 Å². The van der Waals surface area contributed by atoms with Gasteiger partial charge in [-0.25, -0.2) is 4.98 Å². The van der Waals surface area contributed by atoms with Crippen LogP contribution in [0.25, 0.3) is 0 Å². The fourth-order valence-electron chi connectivity index (χ4n) is 4.31. The zero-order valence-corrected chi connectivity index (χ0v) is 14.3. The maximum absolute atomic E-state index is 9.84. The Hall–Kier alpha value is -2.15. The third-order valence-corrected chi connectivity index (χ3v) is 6.07. The smallest absolute Gasteiger partial charge is 0.227 e. The van der Waals surface area contributed by atoms with E-state index < -0.39 is 0 Å². The predicted molar refractivity (Wildman–Crippen MR) is 95.0 cm³/mol. The molecule has 7 heteroatoms. The number of anilines is 3. The maximum Gasteiger partial charge on any atom is 0.227 e. The molecule has 0 radical (unpaired) electrons. The van der Waals surface area contributed by atoms with E-state index >= 15 is 0 Å². The summed E-state index contributed by atoms with van der Waals surface area (Å²) in [6, 6.07) is 4.44. The van der Waals surface area contributed by atoms with Crippen molar-refractivity contribution in [3.63, 3.8) is 0 Å². The van der Waals surface area contributed by atoms with Crippen molar-refractivity contribution in [2.75, 3.05) is 23.4 Å². The Morgan fingerprint density at radius 1 is 1.24 bits per heavy atom. The lowest BCUT2D eigenvalue weighted by Gasteiger charge is -2.52. The highest BCUT2D eigenvalue weighted by atomic mass is 16.3. The lowest BCUT2D eigenvalue weighted by molar-refractivity contribution is 0.0491. The number of hydrogen-bond acceptors (Lipinski definition) is 6. The monoisotopic (exact) mass is 340 g/mol. The van der Waals surface area contributed by atoms with Gasteiger partial charge < -0.3 is 15.3 Å². The Morgan fingerprint density at radius 2 is 2.08 bits per heavy atom. The first-order chi connectivity index (χ1) is 12.2. The summed E-state index contributed by atoms with van der Waals surface area (Å²) in [6.45, 7) is 1.11. The molecule has 2 aromatic rings. The summed E-state index contributed by atoms with van der Waals surface area (Å²) in [5.74, 6) is 2.98. The van der Waals surface area contributed by atoms with Crippen LogP contribution in [0.5, 0.6) is 0 Å². The Labute approximate surface area is 146 Å². The van der Waals surface area contributed by atoms with Crippen LogP contribution in [0, 0.1) is 5.41 Å². The summed E-state index contributed by atoms with van der Waals surface area (Å²) < 4.78 is 0. The zero-order valence-electron chi connectivity index (χ0n) is 14.3. The Bertz CT molecular complexity index is 762. The van der Waals surface area contributed by atoms with E-state index in [9.17, 15) is 5.11 Å². The van der Waals surface area contributed by atoms with Crippen LogP contribution < -0.4 is 10.2 Å². The molecule has 4 aliphatic rings. The number of aromatic amines is 1. The van der Waals surface area contributed by atoms with Crippen LogP contribution in [0.1, 0.15) is 50.1 Å². The molecule has 0 spiro atoms. The molecule has 2 aliphatic heterocycles. The van der Waals surface area contributed by atoms with Crippen LogP contribution in [-0.4, -0.2) is 44.5 Å². The summed E-state index contributed by atoms with van der Waals surface area (Å²) >= 11 is 0. The minimum atomic E-state index is 0.0307. The molecule has 2 aliphatic carbocycles. The molecule has 25 heavy (non-hydrogen) atoms. The van der Waals surface area contributed by atoms with E-state index in [0.29, 0.717) is 12.0 Å². The Morgan fingerprint density at radius 3 is 2.84 bits per heavy atom. The molecule has 0 unspecified atom stereocenters. The number of piperidine rings is 2. The predicted octanol–water partition coefficient (Wildman–Crippen LogP) is 2.56. The molecular formula is C18H24N6O. The van der Waals surface area contributed by atoms with Gasteiger partial charge in [-0.3, -0.25) is 5.10 Å². The van der Waals surface area contributed by atoms with Crippen molar-refractivity contribution in [2.24, 2.45) is 5.41 Å². The number of nitrogens with zero attached hydrogens (tertiary/aromatic N) is 4. The fourth-order valence-corrected chi connectivity index (χ4v) is 4.31. The fraction of sp³-hybridized carbons (Fsp3) is 0.611. The van der Waals surface area contributed by atoms with Gasteiger partial charge in [-0.05, 0) is 44.6 Å². The SMILES string of the molecule is OCC12CCC(CC1)N(c1nccc(Nc3cc(C4CC4)[nH]n3)n1)C2. The summed E-state index contributed by atoms with van der Waals surface area (Å²) in [5.41, 5.74) is 1.23. The van der Waals surface area contributed by atoms with Crippen LogP contribution >= 0.6 is 0 Å². The van der Waals surface area contributed by atoms with Gasteiger partial charge in [0.1, 0.15) is 5.82 Å². The number of nitrogens with one attached hydrogen (secondary N) is 2. The van der Waals surface area contributed by atoms with E-state index in [1.807, 2.05) is 6.07 Å². The van der Waals surface area contributed by atoms with Gasteiger partial charge in [-0.1, -0.05) is 0 Å². The number of H-pyrrole nitrogens is 1. The minimum absolute atomic E-state index is 0.0307. The third kappa shape index (κ3) is 2.76. The Balaban J connectivity index is 1.35. The molecule has 2 aromatic heterocycles. The van der Waals surface area contributed by atoms with Gasteiger partial charge in [0, 0.05) is 41.9 Å². The van der Waals surface area contributed by atoms with Crippen LogP contribution in [0.4, 0.5) is 17.6 Å². The van der Waals surface area contributed by atoms with Crippen LogP contribution in [0.3, 0.4) is 0 Å². The van der Waals surface area contributed by atoms with E-state index in [2.05, 4.69) is 31.5 Å². The van der Waals surface area contributed by atoms with E-state index in [1.54, 1.807) is 6.20 Å². The van der Waals surface area contributed by atoms with Crippen molar-refractivity contribution >= 4 is 17.6 Å². The normalized spacial score (nSPS) is 28.4. The van der Waals surface area contributed by atoms with Gasteiger partial charge in [-0.2, -0.15) is 10.1 Å². The maximum atomic E-state index is 9.84.